The summed E-state index contributed by atoms with van der Waals surface area (Å²) in [5.74, 6) is 2.17. The molecule has 0 radical (unpaired) electrons. The van der Waals surface area contributed by atoms with E-state index in [-0.39, 0.29) is 17.0 Å². The molecule has 10 heteroatoms. The molecule has 36 heavy (non-hydrogen) atoms. The molecule has 3 fully saturated rings. The molecule has 4 aliphatic rings. The molecule has 4 heterocycles. The maximum atomic E-state index is 13.7. The second-order valence-electron chi connectivity index (χ2n) is 10.7. The van der Waals surface area contributed by atoms with Crippen molar-refractivity contribution in [3.63, 3.8) is 0 Å². The Hall–Kier alpha value is -3.53. The zero-order valence-electron chi connectivity index (χ0n) is 19.5. The third kappa shape index (κ3) is 3.16. The molecule has 0 unspecified atom stereocenters. The molecule has 3 aromatic rings. The van der Waals surface area contributed by atoms with Gasteiger partial charge in [0.1, 0.15) is 23.3 Å². The lowest BCUT2D eigenvalue weighted by Crippen LogP contribution is -2.62. The third-order valence-electron chi connectivity index (χ3n) is 8.31. The van der Waals surface area contributed by atoms with E-state index < -0.39 is 11.4 Å². The van der Waals surface area contributed by atoms with Crippen LogP contribution in [0, 0.1) is 33.9 Å². The summed E-state index contributed by atoms with van der Waals surface area (Å²) in [6, 6.07) is 13.2. The molecule has 0 N–H and O–H groups in total. The van der Waals surface area contributed by atoms with Crippen molar-refractivity contribution in [2.75, 3.05) is 18.0 Å². The van der Waals surface area contributed by atoms with Gasteiger partial charge in [-0.05, 0) is 61.6 Å². The van der Waals surface area contributed by atoms with Crippen LogP contribution < -0.4 is 4.90 Å². The van der Waals surface area contributed by atoms with Gasteiger partial charge in [0.25, 0.3) is 0 Å². The van der Waals surface area contributed by atoms with Gasteiger partial charge < -0.3 is 4.90 Å². The molecule has 1 aromatic carbocycles. The predicted octanol–water partition coefficient (Wildman–Crippen LogP) is 4.08. The van der Waals surface area contributed by atoms with Gasteiger partial charge >= 0.3 is 0 Å². The first kappa shape index (κ1) is 21.7. The molecular weight excluding hydrogens is 479 g/mol. The first-order valence-electron chi connectivity index (χ1n) is 12.1. The predicted molar refractivity (Wildman–Crippen MR) is 129 cm³/mol. The number of nitriles is 2. The highest BCUT2D eigenvalue weighted by Crippen LogP contribution is 2.57. The SMILES string of the molecule is N#Cc1nc(N2CC3(CC(c4nnc5n4-c4ccc(Cl)cc4CN(C4(C#N)CC4)C5)C3)C2)ccc1F. The summed E-state index contributed by atoms with van der Waals surface area (Å²) in [5.41, 5.74) is 1.72. The van der Waals surface area contributed by atoms with Crippen LogP contribution in [0.3, 0.4) is 0 Å². The number of anilines is 1. The Labute approximate surface area is 212 Å². The number of rotatable bonds is 3. The van der Waals surface area contributed by atoms with Gasteiger partial charge in [-0.1, -0.05) is 11.6 Å². The van der Waals surface area contributed by atoms with E-state index in [0.29, 0.717) is 23.9 Å². The Kier molecular flexibility index (Phi) is 4.52. The summed E-state index contributed by atoms with van der Waals surface area (Å²) in [6.45, 7) is 2.90. The molecule has 1 spiro atoms. The normalized spacial score (nSPS) is 21.4. The van der Waals surface area contributed by atoms with Crippen molar-refractivity contribution >= 4 is 17.4 Å². The summed E-state index contributed by atoms with van der Waals surface area (Å²) in [5, 5.41) is 28.8. The number of halogens is 2. The van der Waals surface area contributed by atoms with Crippen LogP contribution >= 0.6 is 11.6 Å². The maximum absolute atomic E-state index is 13.7. The summed E-state index contributed by atoms with van der Waals surface area (Å²) in [4.78, 5) is 8.49. The largest absolute Gasteiger partial charge is 0.355 e. The minimum atomic E-state index is -0.588. The van der Waals surface area contributed by atoms with E-state index in [1.54, 1.807) is 6.07 Å². The molecular formula is C26H22ClFN8. The van der Waals surface area contributed by atoms with Crippen molar-refractivity contribution in [1.82, 2.24) is 24.6 Å². The van der Waals surface area contributed by atoms with Crippen LogP contribution in [0.25, 0.3) is 5.69 Å². The van der Waals surface area contributed by atoms with Gasteiger partial charge in [-0.15, -0.1) is 10.2 Å². The number of hydrogen-bond donors (Lipinski definition) is 0. The van der Waals surface area contributed by atoms with Crippen LogP contribution in [0.2, 0.25) is 5.02 Å². The lowest BCUT2D eigenvalue weighted by Gasteiger charge is -2.59. The van der Waals surface area contributed by atoms with E-state index in [1.165, 1.54) is 6.07 Å². The molecule has 2 aromatic heterocycles. The summed E-state index contributed by atoms with van der Waals surface area (Å²) in [6.07, 6.45) is 3.73. The Morgan fingerprint density at radius 2 is 1.86 bits per heavy atom. The molecule has 0 amide bonds. The fraction of sp³-hybridized carbons (Fsp3) is 0.423. The minimum Gasteiger partial charge on any atom is -0.355 e. The van der Waals surface area contributed by atoms with Crippen LogP contribution in [0.5, 0.6) is 0 Å². The number of aromatic nitrogens is 4. The minimum absolute atomic E-state index is 0.164. The molecule has 0 bridgehead atoms. The summed E-state index contributed by atoms with van der Waals surface area (Å²) < 4.78 is 15.8. The van der Waals surface area contributed by atoms with E-state index in [9.17, 15) is 9.65 Å². The van der Waals surface area contributed by atoms with E-state index in [0.717, 1.165) is 61.7 Å². The van der Waals surface area contributed by atoms with Crippen molar-refractivity contribution in [2.24, 2.45) is 5.41 Å². The van der Waals surface area contributed by atoms with E-state index in [4.69, 9.17) is 16.9 Å². The summed E-state index contributed by atoms with van der Waals surface area (Å²) >= 11 is 6.37. The Balaban J connectivity index is 1.14. The lowest BCUT2D eigenvalue weighted by atomic mass is 9.57. The molecule has 8 nitrogen and oxygen atoms in total. The van der Waals surface area contributed by atoms with Crippen LogP contribution in [0.4, 0.5) is 10.2 Å². The summed E-state index contributed by atoms with van der Waals surface area (Å²) in [7, 11) is 0. The highest BCUT2D eigenvalue weighted by atomic mass is 35.5. The number of benzene rings is 1. The molecule has 0 atom stereocenters. The van der Waals surface area contributed by atoms with Gasteiger partial charge in [-0.25, -0.2) is 9.37 Å². The number of fused-ring (bicyclic) bond motifs is 3. The fourth-order valence-electron chi connectivity index (χ4n) is 6.25. The highest BCUT2D eigenvalue weighted by molar-refractivity contribution is 6.30. The number of nitrogens with zero attached hydrogens (tertiary/aromatic N) is 8. The topological polar surface area (TPSA) is 97.7 Å². The van der Waals surface area contributed by atoms with Gasteiger partial charge in [0.05, 0.1) is 18.3 Å². The van der Waals surface area contributed by atoms with Crippen LogP contribution in [-0.4, -0.2) is 43.3 Å². The average Bonchev–Trinajstić information content (AvgIpc) is 3.56. The zero-order chi connectivity index (χ0) is 24.7. The Morgan fingerprint density at radius 3 is 2.58 bits per heavy atom. The van der Waals surface area contributed by atoms with Gasteiger partial charge in [0, 0.05) is 36.0 Å². The Bertz CT molecular complexity index is 1480. The van der Waals surface area contributed by atoms with Crippen LogP contribution in [-0.2, 0) is 13.1 Å². The smallest absolute Gasteiger partial charge is 0.178 e. The quantitative estimate of drug-likeness (QED) is 0.534. The monoisotopic (exact) mass is 500 g/mol. The van der Waals surface area contributed by atoms with Gasteiger partial charge in [-0.2, -0.15) is 10.5 Å². The molecule has 7 rings (SSSR count). The average molecular weight is 501 g/mol. The van der Waals surface area contributed by atoms with E-state index >= 15 is 0 Å². The van der Waals surface area contributed by atoms with Crippen LogP contribution in [0.15, 0.2) is 30.3 Å². The second-order valence-corrected chi connectivity index (χ2v) is 11.1. The molecule has 2 aliphatic carbocycles. The third-order valence-corrected chi connectivity index (χ3v) is 8.54. The molecule has 1 saturated heterocycles. The van der Waals surface area contributed by atoms with Crippen molar-refractivity contribution in [3.8, 4) is 17.8 Å². The van der Waals surface area contributed by atoms with Crippen molar-refractivity contribution in [2.45, 2.75) is 50.2 Å². The number of hydrogen-bond acceptors (Lipinski definition) is 7. The van der Waals surface area contributed by atoms with Crippen molar-refractivity contribution < 1.29 is 4.39 Å². The van der Waals surface area contributed by atoms with Gasteiger partial charge in [-0.3, -0.25) is 9.47 Å². The standard InChI is InChI=1S/C26H22ClFN8/c27-18-1-3-21-16(7-18)11-35(26(13-30)5-6-26)12-23-32-33-24(36(21)23)17-8-25(9-17)14-34(15-25)22-4-2-19(28)20(10-29)31-22/h1-4,7,17H,5-6,8-9,11-12,14-15H2. The zero-order valence-corrected chi connectivity index (χ0v) is 20.2. The van der Waals surface area contributed by atoms with E-state index in [1.807, 2.05) is 24.3 Å². The van der Waals surface area contributed by atoms with E-state index in [2.05, 4.69) is 35.6 Å². The van der Waals surface area contributed by atoms with Crippen LogP contribution in [0.1, 0.15) is 54.5 Å². The second kappa shape index (κ2) is 7.49. The maximum Gasteiger partial charge on any atom is 0.178 e. The van der Waals surface area contributed by atoms with Gasteiger partial charge in [0.2, 0.25) is 0 Å². The first-order chi connectivity index (χ1) is 17.4. The molecule has 180 valence electrons. The van der Waals surface area contributed by atoms with Crippen molar-refractivity contribution in [3.05, 3.63) is 64.1 Å². The molecule has 2 aliphatic heterocycles. The highest BCUT2D eigenvalue weighted by Gasteiger charge is 2.55. The van der Waals surface area contributed by atoms with Gasteiger partial charge in [0.15, 0.2) is 17.3 Å². The fourth-order valence-corrected chi connectivity index (χ4v) is 6.44. The lowest BCUT2D eigenvalue weighted by molar-refractivity contribution is 0.0581. The van der Waals surface area contributed by atoms with Crippen molar-refractivity contribution in [1.29, 1.82) is 10.5 Å². The Morgan fingerprint density at radius 1 is 1.06 bits per heavy atom. The molecule has 2 saturated carbocycles. The number of pyridine rings is 1. The first-order valence-corrected chi connectivity index (χ1v) is 12.5.